The van der Waals surface area contributed by atoms with Crippen molar-refractivity contribution in [3.05, 3.63) is 29.6 Å². The Balaban J connectivity index is 1.95. The van der Waals surface area contributed by atoms with Crippen molar-refractivity contribution in [2.75, 3.05) is 6.54 Å². The van der Waals surface area contributed by atoms with Gasteiger partial charge in [0.05, 0.1) is 5.56 Å². The fourth-order valence-electron chi connectivity index (χ4n) is 2.78. The number of nitrogens with zero attached hydrogens (tertiary/aromatic N) is 1. The van der Waals surface area contributed by atoms with Crippen LogP contribution in [0.2, 0.25) is 0 Å². The predicted molar refractivity (Wildman–Crippen MR) is 74.6 cm³/mol. The number of aromatic carboxylic acids is 1. The SMILES string of the molecule is CC1(C)C(CNC(=O)c2ccc(C(=O)O)cn2)C1(C)C. The van der Waals surface area contributed by atoms with Gasteiger partial charge in [0.1, 0.15) is 5.69 Å². The highest BCUT2D eigenvalue weighted by Gasteiger charge is 2.64. The summed E-state index contributed by atoms with van der Waals surface area (Å²) in [6.45, 7) is 9.40. The van der Waals surface area contributed by atoms with Crippen LogP contribution in [0, 0.1) is 16.7 Å². The number of nitrogens with one attached hydrogen (secondary N) is 1. The van der Waals surface area contributed by atoms with E-state index in [1.807, 2.05) is 0 Å². The van der Waals surface area contributed by atoms with Crippen LogP contribution < -0.4 is 5.32 Å². The Labute approximate surface area is 118 Å². The van der Waals surface area contributed by atoms with E-state index >= 15 is 0 Å². The van der Waals surface area contributed by atoms with E-state index in [1.165, 1.54) is 18.3 Å². The van der Waals surface area contributed by atoms with Crippen molar-refractivity contribution in [2.45, 2.75) is 27.7 Å². The van der Waals surface area contributed by atoms with Gasteiger partial charge in [0.25, 0.3) is 5.91 Å². The monoisotopic (exact) mass is 276 g/mol. The lowest BCUT2D eigenvalue weighted by Gasteiger charge is -2.06. The van der Waals surface area contributed by atoms with Crippen LogP contribution >= 0.6 is 0 Å². The van der Waals surface area contributed by atoms with E-state index in [0.717, 1.165) is 0 Å². The summed E-state index contributed by atoms with van der Waals surface area (Å²) >= 11 is 0. The summed E-state index contributed by atoms with van der Waals surface area (Å²) in [6.07, 6.45) is 1.20. The van der Waals surface area contributed by atoms with Crippen LogP contribution in [-0.4, -0.2) is 28.5 Å². The molecule has 1 aliphatic rings. The fourth-order valence-corrected chi connectivity index (χ4v) is 2.78. The molecule has 20 heavy (non-hydrogen) atoms. The third kappa shape index (κ3) is 2.28. The Morgan fingerprint density at radius 1 is 1.25 bits per heavy atom. The molecule has 2 rings (SSSR count). The quantitative estimate of drug-likeness (QED) is 0.883. The molecule has 1 aromatic heterocycles. The number of pyridine rings is 1. The number of carbonyl (C=O) groups excluding carboxylic acids is 1. The minimum absolute atomic E-state index is 0.0750. The Morgan fingerprint density at radius 2 is 1.85 bits per heavy atom. The molecule has 1 aliphatic carbocycles. The highest BCUT2D eigenvalue weighted by Crippen LogP contribution is 2.67. The van der Waals surface area contributed by atoms with Gasteiger partial charge < -0.3 is 10.4 Å². The standard InChI is InChI=1S/C15H20N2O3/c1-14(2)11(15(14,3)4)8-17-12(18)10-6-5-9(7-16-10)13(19)20/h5-7,11H,8H2,1-4H3,(H,17,18)(H,19,20). The van der Waals surface area contributed by atoms with Gasteiger partial charge in [-0.05, 0) is 28.9 Å². The molecule has 1 heterocycles. The van der Waals surface area contributed by atoms with Crippen molar-refractivity contribution >= 4 is 11.9 Å². The Morgan fingerprint density at radius 3 is 2.25 bits per heavy atom. The Hall–Kier alpha value is -1.91. The molecule has 1 amide bonds. The molecule has 1 fully saturated rings. The van der Waals surface area contributed by atoms with Gasteiger partial charge in [-0.1, -0.05) is 27.7 Å². The molecule has 108 valence electrons. The number of aromatic nitrogens is 1. The summed E-state index contributed by atoms with van der Waals surface area (Å²) in [6, 6.07) is 2.82. The van der Waals surface area contributed by atoms with Crippen molar-refractivity contribution in [3.8, 4) is 0 Å². The second-order valence-electron chi connectivity index (χ2n) is 6.44. The van der Waals surface area contributed by atoms with E-state index in [-0.39, 0.29) is 28.0 Å². The van der Waals surface area contributed by atoms with Crippen molar-refractivity contribution < 1.29 is 14.7 Å². The molecule has 0 aromatic carbocycles. The molecule has 5 heteroatoms. The van der Waals surface area contributed by atoms with Gasteiger partial charge in [-0.25, -0.2) is 4.79 Å². The first kappa shape index (κ1) is 14.5. The number of amides is 1. The normalized spacial score (nSPS) is 19.4. The summed E-state index contributed by atoms with van der Waals surface area (Å²) in [5.41, 5.74) is 0.763. The maximum Gasteiger partial charge on any atom is 0.337 e. The van der Waals surface area contributed by atoms with Crippen LogP contribution in [0.4, 0.5) is 0 Å². The van der Waals surface area contributed by atoms with E-state index in [0.29, 0.717) is 12.5 Å². The first-order valence-corrected chi connectivity index (χ1v) is 6.65. The van der Waals surface area contributed by atoms with E-state index < -0.39 is 5.97 Å². The Bertz CT molecular complexity index is 533. The van der Waals surface area contributed by atoms with E-state index in [1.54, 1.807) is 0 Å². The first-order chi connectivity index (χ1) is 9.18. The maximum atomic E-state index is 12.0. The Kier molecular flexibility index (Phi) is 3.32. The van der Waals surface area contributed by atoms with Gasteiger partial charge in [0.2, 0.25) is 0 Å². The lowest BCUT2D eigenvalue weighted by Crippen LogP contribution is -2.27. The zero-order valence-corrected chi connectivity index (χ0v) is 12.2. The molecule has 0 atom stereocenters. The molecule has 0 unspecified atom stereocenters. The average molecular weight is 276 g/mol. The van der Waals surface area contributed by atoms with Crippen molar-refractivity contribution in [1.82, 2.24) is 10.3 Å². The minimum atomic E-state index is -1.05. The molecule has 0 saturated heterocycles. The molecule has 0 spiro atoms. The molecule has 0 radical (unpaired) electrons. The summed E-state index contributed by atoms with van der Waals surface area (Å²) in [4.78, 5) is 26.5. The van der Waals surface area contributed by atoms with Gasteiger partial charge in [-0.2, -0.15) is 0 Å². The third-order valence-corrected chi connectivity index (χ3v) is 5.03. The maximum absolute atomic E-state index is 12.0. The predicted octanol–water partition coefficient (Wildman–Crippen LogP) is 2.19. The van der Waals surface area contributed by atoms with Crippen LogP contribution in [0.5, 0.6) is 0 Å². The van der Waals surface area contributed by atoms with Crippen LogP contribution in [0.1, 0.15) is 48.5 Å². The summed E-state index contributed by atoms with van der Waals surface area (Å²) in [5.74, 6) is -0.872. The lowest BCUT2D eigenvalue weighted by atomic mass is 10.0. The summed E-state index contributed by atoms with van der Waals surface area (Å²) in [7, 11) is 0. The van der Waals surface area contributed by atoms with Crippen LogP contribution in [0.15, 0.2) is 18.3 Å². The van der Waals surface area contributed by atoms with Gasteiger partial charge in [-0.3, -0.25) is 9.78 Å². The smallest absolute Gasteiger partial charge is 0.337 e. The molecule has 0 bridgehead atoms. The van der Waals surface area contributed by atoms with Gasteiger partial charge >= 0.3 is 5.97 Å². The molecular formula is C15H20N2O3. The average Bonchev–Trinajstić information content (AvgIpc) is 2.77. The van der Waals surface area contributed by atoms with Crippen molar-refractivity contribution in [1.29, 1.82) is 0 Å². The van der Waals surface area contributed by atoms with Crippen molar-refractivity contribution in [2.24, 2.45) is 16.7 Å². The summed E-state index contributed by atoms with van der Waals surface area (Å²) in [5, 5.41) is 11.6. The number of carboxylic acids is 1. The van der Waals surface area contributed by atoms with E-state index in [2.05, 4.69) is 38.0 Å². The molecule has 2 N–H and O–H groups in total. The largest absolute Gasteiger partial charge is 0.478 e. The van der Waals surface area contributed by atoms with Crippen LogP contribution in [-0.2, 0) is 0 Å². The minimum Gasteiger partial charge on any atom is -0.478 e. The van der Waals surface area contributed by atoms with E-state index in [9.17, 15) is 9.59 Å². The van der Waals surface area contributed by atoms with Crippen LogP contribution in [0.3, 0.4) is 0 Å². The number of rotatable bonds is 4. The highest BCUT2D eigenvalue weighted by molar-refractivity contribution is 5.93. The second-order valence-corrected chi connectivity index (χ2v) is 6.44. The lowest BCUT2D eigenvalue weighted by molar-refractivity contribution is 0.0695. The molecule has 1 aromatic rings. The molecule has 0 aliphatic heterocycles. The highest BCUT2D eigenvalue weighted by atomic mass is 16.4. The zero-order chi connectivity index (χ0) is 15.1. The van der Waals surface area contributed by atoms with Gasteiger partial charge in [-0.15, -0.1) is 0 Å². The van der Waals surface area contributed by atoms with Crippen LogP contribution in [0.25, 0.3) is 0 Å². The third-order valence-electron chi connectivity index (χ3n) is 5.03. The molecular weight excluding hydrogens is 256 g/mol. The number of carboxylic acid groups (broad SMARTS) is 1. The van der Waals surface area contributed by atoms with Gasteiger partial charge in [0.15, 0.2) is 0 Å². The second kappa shape index (κ2) is 4.58. The number of carbonyl (C=O) groups is 2. The van der Waals surface area contributed by atoms with E-state index in [4.69, 9.17) is 5.11 Å². The number of hydrogen-bond donors (Lipinski definition) is 2. The zero-order valence-electron chi connectivity index (χ0n) is 12.2. The first-order valence-electron chi connectivity index (χ1n) is 6.65. The molecule has 1 saturated carbocycles. The fraction of sp³-hybridized carbons (Fsp3) is 0.533. The molecule has 5 nitrogen and oxygen atoms in total. The topological polar surface area (TPSA) is 79.3 Å². The summed E-state index contributed by atoms with van der Waals surface area (Å²) < 4.78 is 0. The number of hydrogen-bond acceptors (Lipinski definition) is 3. The van der Waals surface area contributed by atoms with Crippen molar-refractivity contribution in [3.63, 3.8) is 0 Å². The van der Waals surface area contributed by atoms with Gasteiger partial charge in [0, 0.05) is 12.7 Å².